The van der Waals surface area contributed by atoms with Gasteiger partial charge in [-0.1, -0.05) is 11.8 Å². The summed E-state index contributed by atoms with van der Waals surface area (Å²) in [5.41, 5.74) is 6.82. The van der Waals surface area contributed by atoms with Crippen LogP contribution in [0.1, 0.15) is 6.23 Å². The summed E-state index contributed by atoms with van der Waals surface area (Å²) in [6, 6.07) is 0. The van der Waals surface area contributed by atoms with Crippen LogP contribution in [0.2, 0.25) is 0 Å². The van der Waals surface area contributed by atoms with Crippen LogP contribution < -0.4 is 5.73 Å². The van der Waals surface area contributed by atoms with Crippen molar-refractivity contribution >= 4 is 36.6 Å². The van der Waals surface area contributed by atoms with Gasteiger partial charge in [-0.3, -0.25) is 13.6 Å². The molecule has 13 heteroatoms. The molecular formula is C12H16N5O6PS. The van der Waals surface area contributed by atoms with Crippen LogP contribution in [0.4, 0.5) is 5.82 Å². The van der Waals surface area contributed by atoms with Crippen molar-refractivity contribution in [2.45, 2.75) is 29.7 Å². The number of anilines is 1. The molecule has 0 bridgehead atoms. The van der Waals surface area contributed by atoms with Crippen LogP contribution in [0.25, 0.3) is 11.2 Å². The number of aromatic nitrogens is 4. The van der Waals surface area contributed by atoms with Crippen molar-refractivity contribution in [3.8, 4) is 0 Å². The van der Waals surface area contributed by atoms with E-state index < -0.39 is 32.4 Å². The molecular weight excluding hydrogens is 373 g/mol. The number of hydrogen-bond acceptors (Lipinski definition) is 10. The number of rotatable bonds is 3. The van der Waals surface area contributed by atoms with Gasteiger partial charge in [-0.2, -0.15) is 0 Å². The molecule has 2 aliphatic rings. The van der Waals surface area contributed by atoms with E-state index in [1.54, 1.807) is 4.57 Å². The van der Waals surface area contributed by atoms with Gasteiger partial charge in [0.1, 0.15) is 24.6 Å². The number of ether oxygens (including phenoxy) is 2. The van der Waals surface area contributed by atoms with Crippen LogP contribution in [0.15, 0.2) is 11.5 Å². The van der Waals surface area contributed by atoms with Gasteiger partial charge in [0.05, 0.1) is 6.61 Å². The highest BCUT2D eigenvalue weighted by Gasteiger charge is 2.54. The molecule has 0 aromatic carbocycles. The largest absolute Gasteiger partial charge is 0.472 e. The lowest BCUT2D eigenvalue weighted by Crippen LogP contribution is -2.40. The number of imidazole rings is 1. The average Bonchev–Trinajstić information content (AvgIpc) is 3.11. The first kappa shape index (κ1) is 17.2. The maximum Gasteiger partial charge on any atom is 0.472 e. The fraction of sp³-hybridized carbons (Fsp3) is 0.583. The van der Waals surface area contributed by atoms with Crippen LogP contribution in [0, 0.1) is 0 Å². The van der Waals surface area contributed by atoms with Gasteiger partial charge in [-0.05, 0) is 6.26 Å². The highest BCUT2D eigenvalue weighted by atomic mass is 32.2. The number of nitrogens with two attached hydrogens (primary N) is 1. The molecule has 11 nitrogen and oxygen atoms in total. The zero-order chi connectivity index (χ0) is 17.8. The fourth-order valence-electron chi connectivity index (χ4n) is 3.06. The Morgan fingerprint density at radius 3 is 3.04 bits per heavy atom. The van der Waals surface area contributed by atoms with E-state index >= 15 is 0 Å². The zero-order valence-corrected chi connectivity index (χ0v) is 15.0. The number of fused-ring (bicyclic) bond motifs is 2. The number of nitrogen functional groups attached to an aromatic ring is 1. The second-order valence-corrected chi connectivity index (χ2v) is 7.68. The number of hydrogen-bond donors (Lipinski definition) is 2. The van der Waals surface area contributed by atoms with E-state index in [0.29, 0.717) is 16.3 Å². The van der Waals surface area contributed by atoms with Crippen molar-refractivity contribution < 1.29 is 28.0 Å². The predicted molar refractivity (Wildman–Crippen MR) is 86.9 cm³/mol. The quantitative estimate of drug-likeness (QED) is 0.561. The molecule has 25 heavy (non-hydrogen) atoms. The summed E-state index contributed by atoms with van der Waals surface area (Å²) in [4.78, 5) is 22.3. The molecule has 0 saturated carbocycles. The topological polar surface area (TPSA) is 144 Å². The summed E-state index contributed by atoms with van der Waals surface area (Å²) in [5, 5.41) is 0.598. The third-order valence-corrected chi connectivity index (χ3v) is 5.76. The Morgan fingerprint density at radius 2 is 2.32 bits per heavy atom. The van der Waals surface area contributed by atoms with E-state index in [2.05, 4.69) is 15.0 Å². The molecule has 2 fully saturated rings. The minimum Gasteiger partial charge on any atom is -0.382 e. The van der Waals surface area contributed by atoms with Gasteiger partial charge in [0, 0.05) is 7.11 Å². The Kier molecular flexibility index (Phi) is 4.23. The molecule has 136 valence electrons. The highest BCUT2D eigenvalue weighted by molar-refractivity contribution is 7.98. The standard InChI is InChI=1S/C12H16N5O6PS/c1-20-8-7-5(3-21-24(18,19)23-7)22-11(8)17-10-6(16-12(17)25-2)9(13)14-4-15-10/h4-5,7-8,11H,3H2,1-2H3,(H,18,19)(H2,13,14,15)/t5-,7-,8-,11-/m1/s1. The molecule has 3 N–H and O–H groups in total. The molecule has 0 aliphatic carbocycles. The first-order valence-electron chi connectivity index (χ1n) is 7.31. The van der Waals surface area contributed by atoms with Gasteiger partial charge in [-0.25, -0.2) is 19.5 Å². The van der Waals surface area contributed by atoms with E-state index in [1.165, 1.54) is 25.2 Å². The van der Waals surface area contributed by atoms with E-state index in [-0.39, 0.29) is 12.4 Å². The Bertz CT molecular complexity index is 864. The summed E-state index contributed by atoms with van der Waals surface area (Å²) in [6.07, 6.45) is 0.539. The third kappa shape index (κ3) is 2.74. The molecule has 2 aromatic rings. The van der Waals surface area contributed by atoms with Crippen molar-refractivity contribution in [3.63, 3.8) is 0 Å². The monoisotopic (exact) mass is 389 g/mol. The maximum absolute atomic E-state index is 11.8. The predicted octanol–water partition coefficient (Wildman–Crippen LogP) is 0.559. The molecule has 0 radical (unpaired) electrons. The lowest BCUT2D eigenvalue weighted by Gasteiger charge is -2.29. The number of nitrogens with zero attached hydrogens (tertiary/aromatic N) is 4. The SMILES string of the molecule is CO[C@@H]1[C@@H]2OP(=O)(O)OC[C@H]2O[C@H]1n1c(SC)nc2c(N)ncnc21. The first-order chi connectivity index (χ1) is 11.9. The van der Waals surface area contributed by atoms with Crippen molar-refractivity contribution in [2.75, 3.05) is 25.7 Å². The second-order valence-electron chi connectivity index (χ2n) is 5.50. The van der Waals surface area contributed by atoms with Crippen molar-refractivity contribution in [1.82, 2.24) is 19.5 Å². The Morgan fingerprint density at radius 1 is 1.52 bits per heavy atom. The van der Waals surface area contributed by atoms with Crippen molar-refractivity contribution in [1.29, 1.82) is 0 Å². The minimum atomic E-state index is -4.12. The van der Waals surface area contributed by atoms with Gasteiger partial charge in [0.15, 0.2) is 28.4 Å². The molecule has 4 heterocycles. The Hall–Kier alpha value is -1.27. The average molecular weight is 389 g/mol. The lowest BCUT2D eigenvalue weighted by atomic mass is 10.1. The van der Waals surface area contributed by atoms with Crippen LogP contribution in [0.5, 0.6) is 0 Å². The van der Waals surface area contributed by atoms with Crippen LogP contribution in [0.3, 0.4) is 0 Å². The Balaban J connectivity index is 1.81. The summed E-state index contributed by atoms with van der Waals surface area (Å²) in [6.45, 7) is -0.0762. The zero-order valence-electron chi connectivity index (χ0n) is 13.3. The van der Waals surface area contributed by atoms with E-state index in [9.17, 15) is 9.46 Å². The van der Waals surface area contributed by atoms with E-state index in [1.807, 2.05) is 6.26 Å². The van der Waals surface area contributed by atoms with Gasteiger partial charge in [0.25, 0.3) is 0 Å². The summed E-state index contributed by atoms with van der Waals surface area (Å²) in [5.74, 6) is 0.253. The third-order valence-electron chi connectivity index (χ3n) is 4.12. The second kappa shape index (κ2) is 6.16. The molecule has 5 atom stereocenters. The number of methoxy groups -OCH3 is 1. The minimum absolute atomic E-state index is 0.0762. The molecule has 0 spiro atoms. The molecule has 1 unspecified atom stereocenters. The normalized spacial score (nSPS) is 35.2. The van der Waals surface area contributed by atoms with Gasteiger partial charge in [-0.15, -0.1) is 0 Å². The lowest BCUT2D eigenvalue weighted by molar-refractivity contribution is -0.0690. The van der Waals surface area contributed by atoms with Crippen LogP contribution in [-0.4, -0.2) is 62.7 Å². The van der Waals surface area contributed by atoms with E-state index in [0.717, 1.165) is 0 Å². The summed E-state index contributed by atoms with van der Waals surface area (Å²) in [7, 11) is -2.64. The van der Waals surface area contributed by atoms with Crippen LogP contribution in [-0.2, 0) is 23.1 Å². The summed E-state index contributed by atoms with van der Waals surface area (Å²) >= 11 is 1.38. The number of thioether (sulfide) groups is 1. The van der Waals surface area contributed by atoms with Gasteiger partial charge >= 0.3 is 7.82 Å². The maximum atomic E-state index is 11.8. The van der Waals surface area contributed by atoms with E-state index in [4.69, 9.17) is 24.3 Å². The molecule has 0 amide bonds. The number of phosphoric ester groups is 1. The number of phosphoric acid groups is 1. The van der Waals surface area contributed by atoms with Crippen molar-refractivity contribution in [2.24, 2.45) is 0 Å². The molecule has 2 aromatic heterocycles. The first-order valence-corrected chi connectivity index (χ1v) is 10.0. The van der Waals surface area contributed by atoms with Crippen molar-refractivity contribution in [3.05, 3.63) is 6.33 Å². The molecule has 2 aliphatic heterocycles. The molecule has 2 saturated heterocycles. The van der Waals surface area contributed by atoms with Crippen LogP contribution >= 0.6 is 19.6 Å². The van der Waals surface area contributed by atoms with Gasteiger partial charge in [0.2, 0.25) is 0 Å². The smallest absolute Gasteiger partial charge is 0.382 e. The Labute approximate surface area is 146 Å². The summed E-state index contributed by atoms with van der Waals surface area (Å²) < 4.78 is 35.0. The highest BCUT2D eigenvalue weighted by Crippen LogP contribution is 2.53. The van der Waals surface area contributed by atoms with Gasteiger partial charge < -0.3 is 20.1 Å². The fourth-order valence-corrected chi connectivity index (χ4v) is 4.59. The molecule has 4 rings (SSSR count).